The molecule has 4 rings (SSSR count). The van der Waals surface area contributed by atoms with Crippen LogP contribution in [0, 0.1) is 0 Å². The van der Waals surface area contributed by atoms with Gasteiger partial charge in [0.05, 0.1) is 15.9 Å². The SMILES string of the molecule is FC(F)(F)Oc1ccc(CCCCCCN2CCN(c3cccc4scnc34)CC2)cc1. The molecule has 0 unspecified atom stereocenters. The molecule has 1 aliphatic rings. The summed E-state index contributed by atoms with van der Waals surface area (Å²) in [5.74, 6) is -0.162. The van der Waals surface area contributed by atoms with E-state index < -0.39 is 6.36 Å². The number of unbranched alkanes of at least 4 members (excludes halogenated alkanes) is 3. The molecule has 2 heterocycles. The van der Waals surface area contributed by atoms with Crippen LogP contribution in [0.1, 0.15) is 31.2 Å². The summed E-state index contributed by atoms with van der Waals surface area (Å²) in [5, 5.41) is 0. The fourth-order valence-electron chi connectivity index (χ4n) is 4.21. The molecule has 0 saturated carbocycles. The minimum atomic E-state index is -4.64. The van der Waals surface area contributed by atoms with E-state index in [0.29, 0.717) is 0 Å². The summed E-state index contributed by atoms with van der Waals surface area (Å²) in [4.78, 5) is 9.53. The van der Waals surface area contributed by atoms with Gasteiger partial charge in [-0.2, -0.15) is 0 Å². The lowest BCUT2D eigenvalue weighted by atomic mass is 10.1. The van der Waals surface area contributed by atoms with E-state index >= 15 is 0 Å². The standard InChI is InChI=1S/C24H28F3N3OS/c25-24(26,27)31-20-11-9-19(10-12-20)6-3-1-2-4-13-29-14-16-30(17-15-29)21-7-5-8-22-23(21)28-18-32-22/h5,7-12,18H,1-4,6,13-17H2. The first kappa shape index (κ1) is 22.9. The zero-order valence-electron chi connectivity index (χ0n) is 18.0. The lowest BCUT2D eigenvalue weighted by Gasteiger charge is -2.36. The third kappa shape index (κ3) is 6.36. The maximum atomic E-state index is 12.2. The summed E-state index contributed by atoms with van der Waals surface area (Å²) < 4.78 is 41.8. The van der Waals surface area contributed by atoms with Crippen molar-refractivity contribution in [1.82, 2.24) is 9.88 Å². The van der Waals surface area contributed by atoms with Gasteiger partial charge in [-0.3, -0.25) is 4.90 Å². The van der Waals surface area contributed by atoms with Gasteiger partial charge < -0.3 is 9.64 Å². The van der Waals surface area contributed by atoms with Gasteiger partial charge in [-0.05, 0) is 55.6 Å². The summed E-state index contributed by atoms with van der Waals surface area (Å²) in [5.41, 5.74) is 5.34. The van der Waals surface area contributed by atoms with Crippen LogP contribution in [0.5, 0.6) is 5.75 Å². The average molecular weight is 464 g/mol. The van der Waals surface area contributed by atoms with Gasteiger partial charge in [-0.15, -0.1) is 24.5 Å². The molecule has 0 N–H and O–H groups in total. The van der Waals surface area contributed by atoms with Crippen LogP contribution in [0.3, 0.4) is 0 Å². The average Bonchev–Trinajstić information content (AvgIpc) is 3.26. The largest absolute Gasteiger partial charge is 0.573 e. The molecule has 2 aromatic carbocycles. The molecular weight excluding hydrogens is 435 g/mol. The maximum Gasteiger partial charge on any atom is 0.573 e. The molecular formula is C24H28F3N3OS. The Morgan fingerprint density at radius 3 is 2.41 bits per heavy atom. The normalized spacial score (nSPS) is 15.4. The van der Waals surface area contributed by atoms with Crippen molar-refractivity contribution in [2.75, 3.05) is 37.6 Å². The Morgan fingerprint density at radius 1 is 0.906 bits per heavy atom. The van der Waals surface area contributed by atoms with Crippen LogP contribution >= 0.6 is 11.3 Å². The Labute approximate surface area is 190 Å². The van der Waals surface area contributed by atoms with Crippen molar-refractivity contribution in [1.29, 1.82) is 0 Å². The van der Waals surface area contributed by atoms with Crippen molar-refractivity contribution in [3.8, 4) is 5.75 Å². The second kappa shape index (κ2) is 10.5. The number of hydrogen-bond donors (Lipinski definition) is 0. The predicted molar refractivity (Wildman–Crippen MR) is 124 cm³/mol. The van der Waals surface area contributed by atoms with Crippen molar-refractivity contribution in [3.63, 3.8) is 0 Å². The summed E-state index contributed by atoms with van der Waals surface area (Å²) in [7, 11) is 0. The fourth-order valence-corrected chi connectivity index (χ4v) is 4.91. The molecule has 1 aliphatic heterocycles. The molecule has 0 radical (unpaired) electrons. The number of piperazine rings is 1. The number of aromatic nitrogens is 1. The molecule has 32 heavy (non-hydrogen) atoms. The molecule has 1 aromatic heterocycles. The molecule has 0 bridgehead atoms. The third-order valence-corrected chi connectivity index (χ3v) is 6.69. The number of benzene rings is 2. The van der Waals surface area contributed by atoms with E-state index in [2.05, 4.69) is 37.7 Å². The van der Waals surface area contributed by atoms with E-state index in [1.807, 2.05) is 5.51 Å². The van der Waals surface area contributed by atoms with Crippen molar-refractivity contribution < 1.29 is 17.9 Å². The van der Waals surface area contributed by atoms with Crippen LogP contribution in [-0.2, 0) is 6.42 Å². The van der Waals surface area contributed by atoms with Crippen LogP contribution in [0.25, 0.3) is 10.2 Å². The monoisotopic (exact) mass is 463 g/mol. The highest BCUT2D eigenvalue weighted by Crippen LogP contribution is 2.29. The fraction of sp³-hybridized carbons (Fsp3) is 0.458. The van der Waals surface area contributed by atoms with E-state index in [1.165, 1.54) is 35.4 Å². The summed E-state index contributed by atoms with van der Waals surface area (Å²) >= 11 is 1.69. The number of hydrogen-bond acceptors (Lipinski definition) is 5. The number of para-hydroxylation sites is 1. The van der Waals surface area contributed by atoms with Gasteiger partial charge in [0.2, 0.25) is 0 Å². The second-order valence-corrected chi connectivity index (χ2v) is 9.05. The van der Waals surface area contributed by atoms with Gasteiger partial charge in [-0.25, -0.2) is 4.98 Å². The molecule has 1 fully saturated rings. The number of halogens is 3. The molecule has 0 spiro atoms. The van der Waals surface area contributed by atoms with Gasteiger partial charge in [0, 0.05) is 26.2 Å². The maximum absolute atomic E-state index is 12.2. The Kier molecular flexibility index (Phi) is 7.52. The van der Waals surface area contributed by atoms with Crippen molar-refractivity contribution in [2.45, 2.75) is 38.5 Å². The van der Waals surface area contributed by atoms with Gasteiger partial charge in [0.15, 0.2) is 0 Å². The number of thiazole rings is 1. The highest BCUT2D eigenvalue weighted by Gasteiger charge is 2.30. The number of alkyl halides is 3. The van der Waals surface area contributed by atoms with E-state index in [1.54, 1.807) is 23.5 Å². The first-order chi connectivity index (χ1) is 15.5. The first-order valence-electron chi connectivity index (χ1n) is 11.1. The van der Waals surface area contributed by atoms with E-state index in [4.69, 9.17) is 0 Å². The highest BCUT2D eigenvalue weighted by atomic mass is 32.1. The minimum Gasteiger partial charge on any atom is -0.406 e. The molecule has 4 nitrogen and oxygen atoms in total. The van der Waals surface area contributed by atoms with Crippen molar-refractivity contribution in [3.05, 3.63) is 53.5 Å². The Hall–Kier alpha value is -2.32. The van der Waals surface area contributed by atoms with Gasteiger partial charge in [-0.1, -0.05) is 31.0 Å². The zero-order chi connectivity index (χ0) is 22.4. The van der Waals surface area contributed by atoms with E-state index in [-0.39, 0.29) is 5.75 Å². The van der Waals surface area contributed by atoms with Gasteiger partial charge in [0.25, 0.3) is 0 Å². The summed E-state index contributed by atoms with van der Waals surface area (Å²) in [6, 6.07) is 12.6. The van der Waals surface area contributed by atoms with Crippen LogP contribution in [0.15, 0.2) is 48.0 Å². The Bertz CT molecular complexity index is 982. The highest BCUT2D eigenvalue weighted by molar-refractivity contribution is 7.16. The number of rotatable bonds is 9. The van der Waals surface area contributed by atoms with Crippen LogP contribution < -0.4 is 9.64 Å². The van der Waals surface area contributed by atoms with E-state index in [9.17, 15) is 13.2 Å². The molecule has 1 saturated heterocycles. The predicted octanol–water partition coefficient (Wildman–Crippen LogP) is 6.12. The van der Waals surface area contributed by atoms with Gasteiger partial charge >= 0.3 is 6.36 Å². The lowest BCUT2D eigenvalue weighted by Crippen LogP contribution is -2.46. The Balaban J connectivity index is 1.10. The first-order valence-corrected chi connectivity index (χ1v) is 12.0. The smallest absolute Gasteiger partial charge is 0.406 e. The molecule has 8 heteroatoms. The van der Waals surface area contributed by atoms with Crippen LogP contribution in [-0.4, -0.2) is 49.0 Å². The zero-order valence-corrected chi connectivity index (χ0v) is 18.8. The van der Waals surface area contributed by atoms with Gasteiger partial charge in [0.1, 0.15) is 11.3 Å². The molecule has 0 amide bonds. The number of nitrogens with zero attached hydrogens (tertiary/aromatic N) is 3. The topological polar surface area (TPSA) is 28.6 Å². The van der Waals surface area contributed by atoms with Crippen molar-refractivity contribution in [2.24, 2.45) is 0 Å². The number of fused-ring (bicyclic) bond motifs is 1. The summed E-state index contributed by atoms with van der Waals surface area (Å²) in [6.45, 7) is 5.34. The number of anilines is 1. The molecule has 0 atom stereocenters. The molecule has 3 aromatic rings. The lowest BCUT2D eigenvalue weighted by molar-refractivity contribution is -0.274. The van der Waals surface area contributed by atoms with E-state index in [0.717, 1.165) is 63.1 Å². The second-order valence-electron chi connectivity index (χ2n) is 8.16. The molecule has 172 valence electrons. The summed E-state index contributed by atoms with van der Waals surface area (Å²) in [6.07, 6.45) is 0.779. The minimum absolute atomic E-state index is 0.162. The number of aryl methyl sites for hydroxylation is 1. The number of ether oxygens (including phenoxy) is 1. The van der Waals surface area contributed by atoms with Crippen LogP contribution in [0.4, 0.5) is 18.9 Å². The third-order valence-electron chi connectivity index (χ3n) is 5.90. The Morgan fingerprint density at radius 2 is 1.66 bits per heavy atom. The quantitative estimate of drug-likeness (QED) is 0.358. The molecule has 0 aliphatic carbocycles. The van der Waals surface area contributed by atoms with Crippen molar-refractivity contribution >= 4 is 27.2 Å². The van der Waals surface area contributed by atoms with Crippen LogP contribution in [0.2, 0.25) is 0 Å².